The number of pyridine rings is 1. The fourth-order valence-corrected chi connectivity index (χ4v) is 4.33. The number of esters is 1. The van der Waals surface area contributed by atoms with Gasteiger partial charge in [-0.2, -0.15) is 0 Å². The molecule has 0 radical (unpaired) electrons. The highest BCUT2D eigenvalue weighted by Crippen LogP contribution is 2.33. The molecule has 3 heterocycles. The summed E-state index contributed by atoms with van der Waals surface area (Å²) in [7, 11) is 1.50. The molecule has 1 N–H and O–H groups in total. The molecule has 0 saturated heterocycles. The lowest BCUT2D eigenvalue weighted by Crippen LogP contribution is -2.40. The molecule has 0 bridgehead atoms. The van der Waals surface area contributed by atoms with Crippen LogP contribution in [0, 0.1) is 20.8 Å². The second kappa shape index (κ2) is 8.70. The molecule has 3 aromatic rings. The zero-order valence-corrected chi connectivity index (χ0v) is 19.2. The van der Waals surface area contributed by atoms with Crippen molar-refractivity contribution in [1.29, 1.82) is 0 Å². The lowest BCUT2D eigenvalue weighted by atomic mass is 10.1. The first-order chi connectivity index (χ1) is 15.2. The number of aromatic nitrogens is 2. The fourth-order valence-electron chi connectivity index (χ4n) is 3.40. The van der Waals surface area contributed by atoms with Gasteiger partial charge in [0, 0.05) is 28.4 Å². The van der Waals surface area contributed by atoms with Gasteiger partial charge in [0.2, 0.25) is 5.91 Å². The molecule has 1 saturated carbocycles. The number of fused-ring (bicyclic) bond motifs is 1. The van der Waals surface area contributed by atoms with Gasteiger partial charge in [0.05, 0.1) is 28.9 Å². The number of carbonyl (C=O) groups excluding carboxylic acids is 3. The number of rotatable bonds is 7. The van der Waals surface area contributed by atoms with E-state index < -0.39 is 18.5 Å². The Balaban J connectivity index is 1.51. The monoisotopic (exact) mass is 456 g/mol. The number of likely N-dealkylation sites (N-methyl/N-ethyl adjacent to an activating group) is 1. The van der Waals surface area contributed by atoms with E-state index in [1.807, 2.05) is 19.9 Å². The number of hydrogen-bond acceptors (Lipinski definition) is 8. The van der Waals surface area contributed by atoms with Crippen LogP contribution in [0.4, 0.5) is 0 Å². The Kier molecular flexibility index (Phi) is 5.96. The Morgan fingerprint density at radius 1 is 1.25 bits per heavy atom. The minimum atomic E-state index is -0.682. The number of amides is 2. The molecule has 1 fully saturated rings. The van der Waals surface area contributed by atoms with Crippen molar-refractivity contribution in [3.05, 3.63) is 33.1 Å². The molecule has 3 aromatic heterocycles. The van der Waals surface area contributed by atoms with E-state index in [-0.39, 0.29) is 29.8 Å². The highest BCUT2D eigenvalue weighted by atomic mass is 32.1. The minimum Gasteiger partial charge on any atom is -0.452 e. The molecule has 1 aliphatic rings. The standard InChI is InChI=1S/C22H24N4O5S/c1-11-7-15(13(3)32-11)17-8-16(20-12(2)25-31-21(20)24-17)22(29)30-10-19(28)26(4)9-18(27)23-14-5-6-14/h7-8,14H,5-6,9-10H2,1-4H3,(H,23,27). The Morgan fingerprint density at radius 3 is 2.66 bits per heavy atom. The van der Waals surface area contributed by atoms with Crippen LogP contribution in [-0.2, 0) is 14.3 Å². The van der Waals surface area contributed by atoms with Crippen molar-refractivity contribution in [1.82, 2.24) is 20.4 Å². The van der Waals surface area contributed by atoms with Gasteiger partial charge in [-0.25, -0.2) is 9.78 Å². The van der Waals surface area contributed by atoms with Gasteiger partial charge in [-0.15, -0.1) is 11.3 Å². The Bertz CT molecular complexity index is 1210. The highest BCUT2D eigenvalue weighted by molar-refractivity contribution is 7.12. The minimum absolute atomic E-state index is 0.0852. The van der Waals surface area contributed by atoms with Crippen LogP contribution >= 0.6 is 11.3 Å². The summed E-state index contributed by atoms with van der Waals surface area (Å²) in [5, 5.41) is 7.19. The van der Waals surface area contributed by atoms with E-state index in [0.717, 1.165) is 28.2 Å². The quantitative estimate of drug-likeness (QED) is 0.544. The van der Waals surface area contributed by atoms with E-state index in [9.17, 15) is 14.4 Å². The molecule has 9 nitrogen and oxygen atoms in total. The molecule has 0 aliphatic heterocycles. The van der Waals surface area contributed by atoms with Gasteiger partial charge in [0.15, 0.2) is 6.61 Å². The molecule has 32 heavy (non-hydrogen) atoms. The van der Waals surface area contributed by atoms with Gasteiger partial charge in [-0.3, -0.25) is 9.59 Å². The van der Waals surface area contributed by atoms with Gasteiger partial charge in [-0.1, -0.05) is 5.16 Å². The van der Waals surface area contributed by atoms with Crippen LogP contribution in [0.25, 0.3) is 22.4 Å². The predicted molar refractivity (Wildman–Crippen MR) is 118 cm³/mol. The Morgan fingerprint density at radius 2 is 2.00 bits per heavy atom. The summed E-state index contributed by atoms with van der Waals surface area (Å²) in [6.07, 6.45) is 1.94. The molecule has 10 heteroatoms. The van der Waals surface area contributed by atoms with Crippen LogP contribution in [-0.4, -0.2) is 59.1 Å². The molecule has 168 valence electrons. The topological polar surface area (TPSA) is 115 Å². The number of nitrogens with one attached hydrogen (secondary N) is 1. The molecule has 0 unspecified atom stereocenters. The smallest absolute Gasteiger partial charge is 0.339 e. The van der Waals surface area contributed by atoms with Crippen LogP contribution in [0.2, 0.25) is 0 Å². The van der Waals surface area contributed by atoms with Crippen LogP contribution in [0.5, 0.6) is 0 Å². The summed E-state index contributed by atoms with van der Waals surface area (Å²) in [4.78, 5) is 45.1. The average Bonchev–Trinajstić information content (AvgIpc) is 3.38. The van der Waals surface area contributed by atoms with E-state index in [0.29, 0.717) is 16.8 Å². The van der Waals surface area contributed by atoms with Gasteiger partial charge >= 0.3 is 5.97 Å². The number of aryl methyl sites for hydroxylation is 3. The molecule has 2 amide bonds. The van der Waals surface area contributed by atoms with Gasteiger partial charge in [-0.05, 0) is 45.7 Å². The lowest BCUT2D eigenvalue weighted by molar-refractivity contribution is -0.137. The van der Waals surface area contributed by atoms with E-state index in [4.69, 9.17) is 9.26 Å². The number of ether oxygens (including phenoxy) is 1. The Hall–Kier alpha value is -3.27. The third kappa shape index (κ3) is 4.64. The first-order valence-corrected chi connectivity index (χ1v) is 11.1. The van der Waals surface area contributed by atoms with E-state index in [1.54, 1.807) is 24.3 Å². The summed E-state index contributed by atoms with van der Waals surface area (Å²) in [5.74, 6) is -1.38. The number of carbonyl (C=O) groups is 3. The van der Waals surface area contributed by atoms with Crippen molar-refractivity contribution in [2.75, 3.05) is 20.2 Å². The molecular weight excluding hydrogens is 432 g/mol. The lowest BCUT2D eigenvalue weighted by Gasteiger charge is -2.16. The van der Waals surface area contributed by atoms with Crippen molar-refractivity contribution < 1.29 is 23.6 Å². The van der Waals surface area contributed by atoms with E-state index in [1.165, 1.54) is 11.9 Å². The maximum absolute atomic E-state index is 12.9. The van der Waals surface area contributed by atoms with Crippen LogP contribution in [0.15, 0.2) is 16.7 Å². The van der Waals surface area contributed by atoms with E-state index >= 15 is 0 Å². The van der Waals surface area contributed by atoms with Crippen molar-refractivity contribution >= 4 is 40.2 Å². The third-order valence-electron chi connectivity index (χ3n) is 5.23. The summed E-state index contributed by atoms with van der Waals surface area (Å²) in [5.41, 5.74) is 2.44. The Labute approximate surface area is 188 Å². The van der Waals surface area contributed by atoms with E-state index in [2.05, 4.69) is 15.5 Å². The second-order valence-electron chi connectivity index (χ2n) is 8.00. The highest BCUT2D eigenvalue weighted by Gasteiger charge is 2.25. The molecule has 1 aliphatic carbocycles. The maximum Gasteiger partial charge on any atom is 0.339 e. The van der Waals surface area contributed by atoms with Crippen LogP contribution < -0.4 is 5.32 Å². The first kappa shape index (κ1) is 21.9. The largest absolute Gasteiger partial charge is 0.452 e. The van der Waals surface area contributed by atoms with Gasteiger partial charge < -0.3 is 19.5 Å². The number of hydrogen-bond donors (Lipinski definition) is 1. The molecule has 4 rings (SSSR count). The molecular formula is C22H24N4O5S. The summed E-state index contributed by atoms with van der Waals surface area (Å²) >= 11 is 1.63. The first-order valence-electron chi connectivity index (χ1n) is 10.3. The van der Waals surface area contributed by atoms with Crippen molar-refractivity contribution in [3.8, 4) is 11.3 Å². The molecule has 0 aromatic carbocycles. The van der Waals surface area contributed by atoms with Crippen molar-refractivity contribution in [2.24, 2.45) is 0 Å². The van der Waals surface area contributed by atoms with Gasteiger partial charge in [0.25, 0.3) is 11.6 Å². The average molecular weight is 457 g/mol. The van der Waals surface area contributed by atoms with Crippen molar-refractivity contribution in [3.63, 3.8) is 0 Å². The SMILES string of the molecule is Cc1cc(-c2cc(C(=O)OCC(=O)N(C)CC(=O)NC3CC3)c3c(C)noc3n2)c(C)s1. The van der Waals surface area contributed by atoms with Gasteiger partial charge in [0.1, 0.15) is 0 Å². The molecule has 0 spiro atoms. The number of thiophene rings is 1. The molecule has 0 atom stereocenters. The maximum atomic E-state index is 12.9. The summed E-state index contributed by atoms with van der Waals surface area (Å²) < 4.78 is 10.6. The zero-order chi connectivity index (χ0) is 23.0. The predicted octanol–water partition coefficient (Wildman–Crippen LogP) is 2.77. The summed E-state index contributed by atoms with van der Waals surface area (Å²) in [6.45, 7) is 5.13. The van der Waals surface area contributed by atoms with Crippen molar-refractivity contribution in [2.45, 2.75) is 39.7 Å². The normalized spacial score (nSPS) is 13.2. The third-order valence-corrected chi connectivity index (χ3v) is 6.20. The second-order valence-corrected chi connectivity index (χ2v) is 9.46. The van der Waals surface area contributed by atoms with Crippen LogP contribution in [0.3, 0.4) is 0 Å². The number of nitrogens with zero attached hydrogens (tertiary/aromatic N) is 3. The summed E-state index contributed by atoms with van der Waals surface area (Å²) in [6, 6.07) is 3.85. The van der Waals surface area contributed by atoms with Crippen LogP contribution in [0.1, 0.15) is 38.6 Å². The zero-order valence-electron chi connectivity index (χ0n) is 18.4. The fraction of sp³-hybridized carbons (Fsp3) is 0.409.